The number of nitrogens with zero attached hydrogens (tertiary/aromatic N) is 1. The highest BCUT2D eigenvalue weighted by Crippen LogP contribution is 2.15. The quantitative estimate of drug-likeness (QED) is 0.377. The number of anilines is 1. The number of benzene rings is 3. The normalized spacial score (nSPS) is 10.5. The Hall–Kier alpha value is -4.52. The molecule has 0 aliphatic rings. The molecule has 0 aliphatic carbocycles. The van der Waals surface area contributed by atoms with Crippen LogP contribution in [0.3, 0.4) is 0 Å². The first kappa shape index (κ1) is 22.7. The zero-order valence-electron chi connectivity index (χ0n) is 18.5. The molecule has 1 heterocycles. The van der Waals surface area contributed by atoms with Gasteiger partial charge in [0.05, 0.1) is 0 Å². The van der Waals surface area contributed by atoms with Crippen LogP contribution in [-0.4, -0.2) is 29.3 Å². The first-order valence-corrected chi connectivity index (χ1v) is 10.9. The smallest absolute Gasteiger partial charge is 0.255 e. The topological polar surface area (TPSA) is 100 Å². The zero-order valence-corrected chi connectivity index (χ0v) is 18.5. The van der Waals surface area contributed by atoms with Crippen molar-refractivity contribution >= 4 is 34.2 Å². The molecular formula is C27H24N4O3. The highest BCUT2D eigenvalue weighted by Gasteiger charge is 2.09. The van der Waals surface area contributed by atoms with Crippen molar-refractivity contribution in [2.24, 2.45) is 0 Å². The third-order valence-electron chi connectivity index (χ3n) is 5.27. The monoisotopic (exact) mass is 452 g/mol. The van der Waals surface area contributed by atoms with E-state index in [1.807, 2.05) is 48.5 Å². The summed E-state index contributed by atoms with van der Waals surface area (Å²) in [7, 11) is 0. The molecule has 3 N–H and O–H groups in total. The van der Waals surface area contributed by atoms with Crippen LogP contribution in [-0.2, 0) is 11.3 Å². The van der Waals surface area contributed by atoms with Crippen molar-refractivity contribution in [3.63, 3.8) is 0 Å². The molecule has 0 unspecified atom stereocenters. The number of hydrogen-bond donors (Lipinski definition) is 3. The van der Waals surface area contributed by atoms with Crippen LogP contribution in [0.15, 0.2) is 91.3 Å². The molecule has 7 heteroatoms. The summed E-state index contributed by atoms with van der Waals surface area (Å²) in [6, 6.07) is 23.9. The maximum atomic E-state index is 12.4. The summed E-state index contributed by atoms with van der Waals surface area (Å²) in [5, 5.41) is 10.5. The summed E-state index contributed by atoms with van der Waals surface area (Å²) >= 11 is 0. The van der Waals surface area contributed by atoms with Crippen LogP contribution in [0, 0.1) is 0 Å². The van der Waals surface area contributed by atoms with E-state index < -0.39 is 0 Å². The van der Waals surface area contributed by atoms with E-state index in [0.717, 1.165) is 16.3 Å². The maximum absolute atomic E-state index is 12.4. The number of fused-ring (bicyclic) bond motifs is 1. The van der Waals surface area contributed by atoms with Crippen LogP contribution in [0.1, 0.15) is 32.7 Å². The van der Waals surface area contributed by atoms with Gasteiger partial charge in [-0.25, -0.2) is 0 Å². The Labute approximate surface area is 197 Å². The molecule has 0 spiro atoms. The predicted octanol–water partition coefficient (Wildman–Crippen LogP) is 3.92. The van der Waals surface area contributed by atoms with Crippen LogP contribution in [0.2, 0.25) is 0 Å². The third kappa shape index (κ3) is 6.04. The van der Waals surface area contributed by atoms with Crippen LogP contribution >= 0.6 is 0 Å². The number of amides is 3. The summed E-state index contributed by atoms with van der Waals surface area (Å²) in [6.45, 7) is 0.552. The maximum Gasteiger partial charge on any atom is 0.255 e. The molecule has 0 bridgehead atoms. The largest absolute Gasteiger partial charge is 0.352 e. The molecular weight excluding hydrogens is 428 g/mol. The van der Waals surface area contributed by atoms with Crippen LogP contribution in [0.5, 0.6) is 0 Å². The fourth-order valence-corrected chi connectivity index (χ4v) is 3.48. The van der Waals surface area contributed by atoms with Gasteiger partial charge in [-0.2, -0.15) is 0 Å². The summed E-state index contributed by atoms with van der Waals surface area (Å²) in [6.07, 6.45) is 3.29. The molecule has 0 aliphatic heterocycles. The second-order valence-electron chi connectivity index (χ2n) is 7.73. The average Bonchev–Trinajstić information content (AvgIpc) is 2.88. The van der Waals surface area contributed by atoms with E-state index in [-0.39, 0.29) is 30.7 Å². The van der Waals surface area contributed by atoms with Crippen molar-refractivity contribution < 1.29 is 14.4 Å². The van der Waals surface area contributed by atoms with E-state index in [0.29, 0.717) is 23.4 Å². The van der Waals surface area contributed by atoms with Gasteiger partial charge in [0.25, 0.3) is 11.8 Å². The first-order chi connectivity index (χ1) is 16.6. The summed E-state index contributed by atoms with van der Waals surface area (Å²) in [5.74, 6) is -0.619. The number of pyridine rings is 1. The van der Waals surface area contributed by atoms with Gasteiger partial charge in [-0.3, -0.25) is 19.4 Å². The van der Waals surface area contributed by atoms with Crippen molar-refractivity contribution in [3.8, 4) is 0 Å². The Morgan fingerprint density at radius 1 is 0.706 bits per heavy atom. The van der Waals surface area contributed by atoms with Gasteiger partial charge in [0.2, 0.25) is 5.91 Å². The van der Waals surface area contributed by atoms with E-state index in [2.05, 4.69) is 20.9 Å². The Kier molecular flexibility index (Phi) is 7.25. The van der Waals surface area contributed by atoms with Gasteiger partial charge in [0.1, 0.15) is 0 Å². The minimum Gasteiger partial charge on any atom is -0.352 e. The van der Waals surface area contributed by atoms with E-state index in [4.69, 9.17) is 0 Å². The SMILES string of the molecule is O=C(CCNC(=O)c1ccc2ccccc2c1)NCc1cccc(NC(=O)c2ccncc2)c1. The minimum absolute atomic E-state index is 0.164. The number of carbonyl (C=O) groups is 3. The number of carbonyl (C=O) groups excluding carboxylic acids is 3. The molecule has 0 radical (unpaired) electrons. The number of hydrogen-bond acceptors (Lipinski definition) is 4. The Bertz CT molecular complexity index is 1320. The summed E-state index contributed by atoms with van der Waals surface area (Å²) in [5.41, 5.74) is 2.56. The zero-order chi connectivity index (χ0) is 23.8. The molecule has 0 fully saturated rings. The third-order valence-corrected chi connectivity index (χ3v) is 5.27. The second kappa shape index (κ2) is 10.9. The molecule has 0 saturated carbocycles. The van der Waals surface area contributed by atoms with E-state index in [9.17, 15) is 14.4 Å². The minimum atomic E-state index is -0.231. The lowest BCUT2D eigenvalue weighted by atomic mass is 10.1. The van der Waals surface area contributed by atoms with E-state index in [1.54, 1.807) is 42.7 Å². The highest BCUT2D eigenvalue weighted by molar-refractivity contribution is 6.04. The lowest BCUT2D eigenvalue weighted by molar-refractivity contribution is -0.121. The molecule has 0 atom stereocenters. The lowest BCUT2D eigenvalue weighted by Gasteiger charge is -2.09. The van der Waals surface area contributed by atoms with Crippen molar-refractivity contribution in [3.05, 3.63) is 108 Å². The molecule has 4 rings (SSSR count). The molecule has 3 amide bonds. The van der Waals surface area contributed by atoms with Crippen LogP contribution in [0.4, 0.5) is 5.69 Å². The molecule has 0 saturated heterocycles. The lowest BCUT2D eigenvalue weighted by Crippen LogP contribution is -2.30. The molecule has 4 aromatic rings. The van der Waals surface area contributed by atoms with Gasteiger partial charge in [0.15, 0.2) is 0 Å². The number of aromatic nitrogens is 1. The van der Waals surface area contributed by atoms with Gasteiger partial charge in [-0.05, 0) is 52.7 Å². The highest BCUT2D eigenvalue weighted by atomic mass is 16.2. The van der Waals surface area contributed by atoms with Gasteiger partial charge in [-0.1, -0.05) is 42.5 Å². The predicted molar refractivity (Wildman–Crippen MR) is 131 cm³/mol. The van der Waals surface area contributed by atoms with Crippen LogP contribution in [0.25, 0.3) is 10.8 Å². The number of rotatable bonds is 8. The molecule has 170 valence electrons. The molecule has 1 aromatic heterocycles. The van der Waals surface area contributed by atoms with Crippen molar-refractivity contribution in [2.45, 2.75) is 13.0 Å². The molecule has 3 aromatic carbocycles. The van der Waals surface area contributed by atoms with Crippen LogP contribution < -0.4 is 16.0 Å². The van der Waals surface area contributed by atoms with E-state index in [1.165, 1.54) is 0 Å². The molecule has 34 heavy (non-hydrogen) atoms. The Morgan fingerprint density at radius 3 is 2.32 bits per heavy atom. The second-order valence-corrected chi connectivity index (χ2v) is 7.73. The van der Waals surface area contributed by atoms with Gasteiger partial charge in [-0.15, -0.1) is 0 Å². The van der Waals surface area contributed by atoms with Crippen molar-refractivity contribution in [2.75, 3.05) is 11.9 Å². The Balaban J connectivity index is 1.22. The average molecular weight is 453 g/mol. The van der Waals surface area contributed by atoms with Gasteiger partial charge >= 0.3 is 0 Å². The fraction of sp³-hybridized carbons (Fsp3) is 0.111. The van der Waals surface area contributed by atoms with Gasteiger partial charge < -0.3 is 16.0 Å². The van der Waals surface area contributed by atoms with Crippen molar-refractivity contribution in [1.82, 2.24) is 15.6 Å². The van der Waals surface area contributed by atoms with E-state index >= 15 is 0 Å². The number of nitrogens with one attached hydrogen (secondary N) is 3. The fourth-order valence-electron chi connectivity index (χ4n) is 3.48. The summed E-state index contributed by atoms with van der Waals surface area (Å²) < 4.78 is 0. The van der Waals surface area contributed by atoms with Gasteiger partial charge in [0, 0.05) is 48.7 Å². The Morgan fingerprint density at radius 2 is 1.50 bits per heavy atom. The molecule has 7 nitrogen and oxygen atoms in total. The summed E-state index contributed by atoms with van der Waals surface area (Å²) in [4.78, 5) is 40.8. The standard InChI is InChI=1S/C27H24N4O3/c32-25(12-15-29-26(33)23-9-8-20-5-1-2-6-22(20)17-23)30-18-19-4-3-7-24(16-19)31-27(34)21-10-13-28-14-11-21/h1-11,13-14,16-17H,12,15,18H2,(H,29,33)(H,30,32)(H,31,34). The van der Waals surface area contributed by atoms with Crippen molar-refractivity contribution in [1.29, 1.82) is 0 Å². The first-order valence-electron chi connectivity index (χ1n) is 10.9.